The fourth-order valence-electron chi connectivity index (χ4n) is 3.44. The highest BCUT2D eigenvalue weighted by molar-refractivity contribution is 6.30. The van der Waals surface area contributed by atoms with E-state index in [9.17, 15) is 9.59 Å². The molecule has 1 N–H and O–H groups in total. The second-order valence-electron chi connectivity index (χ2n) is 12.5. The van der Waals surface area contributed by atoms with Gasteiger partial charge in [-0.1, -0.05) is 73.7 Å². The summed E-state index contributed by atoms with van der Waals surface area (Å²) in [7, 11) is 1.77. The Morgan fingerprint density at radius 3 is 1.80 bits per heavy atom. The van der Waals surface area contributed by atoms with E-state index in [4.69, 9.17) is 23.2 Å². The molecule has 9 heteroatoms. The molecule has 0 atom stereocenters. The van der Waals surface area contributed by atoms with Crippen LogP contribution in [0.5, 0.6) is 0 Å². The topological polar surface area (TPSA) is 88.1 Å². The van der Waals surface area contributed by atoms with Gasteiger partial charge in [0.2, 0.25) is 0 Å². The van der Waals surface area contributed by atoms with Gasteiger partial charge in [-0.05, 0) is 80.8 Å². The number of amides is 2. The first kappa shape index (κ1) is 35.8. The third kappa shape index (κ3) is 12.0. The molecule has 46 heavy (non-hydrogen) atoms. The standard InChI is InChI=1S/C19H19ClN2O.C18H18ClN3O/c1-19(2,3)22(4)18(23)17-11-10-15(13-21-17)9-8-14-6-5-7-16(20)12-14;1-18(2,3)12-22-17(23)15-7-6-14(11-21-15)5-4-13-8-9-20-16(19)10-13/h5-7,10-13H,1-4H3;6-11H,12H2,1-3H3,(H,22,23). The van der Waals surface area contributed by atoms with Crippen LogP contribution in [0.3, 0.4) is 0 Å². The van der Waals surface area contributed by atoms with E-state index < -0.39 is 0 Å². The van der Waals surface area contributed by atoms with Crippen molar-refractivity contribution in [1.82, 2.24) is 25.2 Å². The molecule has 7 nitrogen and oxygen atoms in total. The fourth-order valence-corrected chi connectivity index (χ4v) is 3.81. The Kier molecular flexibility index (Phi) is 12.5. The summed E-state index contributed by atoms with van der Waals surface area (Å²) in [5.41, 5.74) is 3.67. The Bertz CT molecular complexity index is 1780. The molecule has 0 bridgehead atoms. The second kappa shape index (κ2) is 16.0. The number of hydrogen-bond acceptors (Lipinski definition) is 5. The lowest BCUT2D eigenvalue weighted by Crippen LogP contribution is -2.42. The lowest BCUT2D eigenvalue weighted by Gasteiger charge is -2.31. The van der Waals surface area contributed by atoms with Gasteiger partial charge >= 0.3 is 0 Å². The summed E-state index contributed by atoms with van der Waals surface area (Å²) < 4.78 is 0. The highest BCUT2D eigenvalue weighted by atomic mass is 35.5. The normalized spacial score (nSPS) is 10.6. The lowest BCUT2D eigenvalue weighted by atomic mass is 9.97. The zero-order chi connectivity index (χ0) is 33.9. The monoisotopic (exact) mass is 653 g/mol. The minimum atomic E-state index is -0.246. The molecule has 0 aliphatic rings. The number of rotatable bonds is 3. The predicted octanol–water partition coefficient (Wildman–Crippen LogP) is 7.31. The number of hydrogen-bond donors (Lipinski definition) is 1. The minimum Gasteiger partial charge on any atom is -0.350 e. The molecule has 0 saturated heterocycles. The van der Waals surface area contributed by atoms with Crippen LogP contribution in [0.1, 0.15) is 84.8 Å². The van der Waals surface area contributed by atoms with E-state index in [2.05, 4.69) is 64.7 Å². The Hall–Kier alpha value is -4.69. The molecule has 0 radical (unpaired) electrons. The maximum atomic E-state index is 12.3. The molecule has 3 aromatic heterocycles. The average Bonchev–Trinajstić information content (AvgIpc) is 3.01. The molecule has 1 aromatic carbocycles. The summed E-state index contributed by atoms with van der Waals surface area (Å²) in [5.74, 6) is 11.7. The van der Waals surface area contributed by atoms with Crippen LogP contribution in [0, 0.1) is 29.1 Å². The van der Waals surface area contributed by atoms with Crippen molar-refractivity contribution < 1.29 is 9.59 Å². The van der Waals surface area contributed by atoms with E-state index in [1.54, 1.807) is 79.1 Å². The van der Waals surface area contributed by atoms with Gasteiger partial charge in [-0.3, -0.25) is 9.59 Å². The van der Waals surface area contributed by atoms with Gasteiger partial charge in [0.25, 0.3) is 11.8 Å². The van der Waals surface area contributed by atoms with Crippen LogP contribution in [0.4, 0.5) is 0 Å². The van der Waals surface area contributed by atoms with E-state index >= 15 is 0 Å². The highest BCUT2D eigenvalue weighted by Crippen LogP contribution is 2.15. The lowest BCUT2D eigenvalue weighted by molar-refractivity contribution is 0.0649. The average molecular weight is 655 g/mol. The predicted molar refractivity (Wildman–Crippen MR) is 185 cm³/mol. The smallest absolute Gasteiger partial charge is 0.272 e. The summed E-state index contributed by atoms with van der Waals surface area (Å²) in [5, 5.41) is 3.92. The van der Waals surface area contributed by atoms with Crippen molar-refractivity contribution in [2.45, 2.75) is 47.1 Å². The van der Waals surface area contributed by atoms with Gasteiger partial charge in [-0.25, -0.2) is 15.0 Å². The zero-order valence-corrected chi connectivity index (χ0v) is 28.6. The Balaban J connectivity index is 0.000000250. The number of pyridine rings is 3. The number of nitrogens with one attached hydrogen (secondary N) is 1. The first-order valence-corrected chi connectivity index (χ1v) is 15.3. The number of nitrogens with zero attached hydrogens (tertiary/aromatic N) is 4. The number of halogens is 2. The van der Waals surface area contributed by atoms with Crippen LogP contribution in [0.25, 0.3) is 0 Å². The molecule has 236 valence electrons. The molecular weight excluding hydrogens is 617 g/mol. The molecule has 0 unspecified atom stereocenters. The van der Waals surface area contributed by atoms with Crippen molar-refractivity contribution in [3.63, 3.8) is 0 Å². The molecule has 0 aliphatic heterocycles. The number of carbonyl (C=O) groups is 2. The van der Waals surface area contributed by atoms with E-state index in [0.717, 1.165) is 22.3 Å². The summed E-state index contributed by atoms with van der Waals surface area (Å²) in [4.78, 5) is 38.3. The highest BCUT2D eigenvalue weighted by Gasteiger charge is 2.24. The number of benzene rings is 1. The molecule has 3 heterocycles. The molecular formula is C37H37Cl2N5O2. The summed E-state index contributed by atoms with van der Waals surface area (Å²) in [6.07, 6.45) is 4.80. The Labute approximate surface area is 281 Å². The van der Waals surface area contributed by atoms with Crippen LogP contribution in [-0.2, 0) is 0 Å². The second-order valence-corrected chi connectivity index (χ2v) is 13.3. The van der Waals surface area contributed by atoms with Gasteiger partial charge in [0, 0.05) is 65.0 Å². The van der Waals surface area contributed by atoms with E-state index in [0.29, 0.717) is 28.1 Å². The molecule has 4 aromatic rings. The molecule has 2 amide bonds. The van der Waals surface area contributed by atoms with Crippen LogP contribution in [0.2, 0.25) is 10.2 Å². The minimum absolute atomic E-state index is 0.0346. The van der Waals surface area contributed by atoms with Crippen LogP contribution in [0.15, 0.2) is 79.3 Å². The summed E-state index contributed by atoms with van der Waals surface area (Å²) in [6, 6.07) is 17.8. The molecule has 4 rings (SSSR count). The van der Waals surface area contributed by atoms with Gasteiger partial charge in [0.15, 0.2) is 0 Å². The van der Waals surface area contributed by atoms with E-state index in [1.807, 2.05) is 32.9 Å². The number of carbonyl (C=O) groups excluding carboxylic acids is 2. The fraction of sp³-hybridized carbons (Fsp3) is 0.270. The molecule has 0 spiro atoms. The third-order valence-corrected chi connectivity index (χ3v) is 6.76. The maximum Gasteiger partial charge on any atom is 0.272 e. The Morgan fingerprint density at radius 1 is 0.739 bits per heavy atom. The maximum absolute atomic E-state index is 12.3. The van der Waals surface area contributed by atoms with Crippen molar-refractivity contribution in [2.75, 3.05) is 13.6 Å². The van der Waals surface area contributed by atoms with Crippen LogP contribution >= 0.6 is 23.2 Å². The van der Waals surface area contributed by atoms with E-state index in [-0.39, 0.29) is 22.8 Å². The van der Waals surface area contributed by atoms with E-state index in [1.165, 1.54) is 0 Å². The van der Waals surface area contributed by atoms with Crippen molar-refractivity contribution >= 4 is 35.0 Å². The molecule has 0 aliphatic carbocycles. The van der Waals surface area contributed by atoms with Crippen LogP contribution in [-0.4, -0.2) is 50.8 Å². The first-order chi connectivity index (χ1) is 21.6. The summed E-state index contributed by atoms with van der Waals surface area (Å²) >= 11 is 11.7. The van der Waals surface area contributed by atoms with Crippen molar-refractivity contribution in [2.24, 2.45) is 5.41 Å². The quantitative estimate of drug-likeness (QED) is 0.185. The van der Waals surface area contributed by atoms with Gasteiger partial charge in [-0.15, -0.1) is 0 Å². The largest absolute Gasteiger partial charge is 0.350 e. The van der Waals surface area contributed by atoms with Crippen LogP contribution < -0.4 is 5.32 Å². The SMILES string of the molecule is CC(C)(C)CNC(=O)c1ccc(C#Cc2ccnc(Cl)c2)cn1.CN(C(=O)c1ccc(C#Cc2cccc(Cl)c2)cn1)C(C)(C)C. The molecule has 0 fully saturated rings. The van der Waals surface area contributed by atoms with Gasteiger partial charge in [0.05, 0.1) is 0 Å². The van der Waals surface area contributed by atoms with Crippen molar-refractivity contribution in [3.05, 3.63) is 123 Å². The van der Waals surface area contributed by atoms with Crippen molar-refractivity contribution in [3.8, 4) is 23.7 Å². The van der Waals surface area contributed by atoms with Gasteiger partial charge in [-0.2, -0.15) is 0 Å². The Morgan fingerprint density at radius 2 is 1.30 bits per heavy atom. The zero-order valence-electron chi connectivity index (χ0n) is 27.1. The number of aromatic nitrogens is 3. The molecule has 0 saturated carbocycles. The summed E-state index contributed by atoms with van der Waals surface area (Å²) in [6.45, 7) is 12.7. The van der Waals surface area contributed by atoms with Gasteiger partial charge < -0.3 is 10.2 Å². The van der Waals surface area contributed by atoms with Gasteiger partial charge in [0.1, 0.15) is 16.5 Å². The third-order valence-electron chi connectivity index (χ3n) is 6.32. The van der Waals surface area contributed by atoms with Crippen molar-refractivity contribution in [1.29, 1.82) is 0 Å². The first-order valence-electron chi connectivity index (χ1n) is 14.5.